The van der Waals surface area contributed by atoms with Crippen LogP contribution in [0, 0.1) is 6.92 Å². The molecule has 0 bridgehead atoms. The first-order valence-electron chi connectivity index (χ1n) is 5.70. The van der Waals surface area contributed by atoms with Crippen LogP contribution in [0.1, 0.15) is 29.3 Å². The number of ether oxygens (including phenoxy) is 2. The Labute approximate surface area is 101 Å². The summed E-state index contributed by atoms with van der Waals surface area (Å²) in [6.07, 6.45) is 0.796. The Morgan fingerprint density at radius 1 is 1.35 bits per heavy atom. The second-order valence-corrected chi connectivity index (χ2v) is 3.63. The Kier molecular flexibility index (Phi) is 5.49. The third-order valence-electron chi connectivity index (χ3n) is 2.41. The number of carboxylic acid groups (broad SMARTS) is 1. The van der Waals surface area contributed by atoms with Gasteiger partial charge in [0.2, 0.25) is 0 Å². The molecule has 1 aromatic carbocycles. The highest BCUT2D eigenvalue weighted by Crippen LogP contribution is 2.21. The van der Waals surface area contributed by atoms with E-state index in [9.17, 15) is 4.79 Å². The van der Waals surface area contributed by atoms with Gasteiger partial charge in [-0.15, -0.1) is 0 Å². The van der Waals surface area contributed by atoms with Crippen molar-refractivity contribution >= 4 is 5.97 Å². The Morgan fingerprint density at radius 2 is 2.12 bits per heavy atom. The number of rotatable bonds is 7. The van der Waals surface area contributed by atoms with E-state index >= 15 is 0 Å². The Bertz CT molecular complexity index is 374. The molecule has 0 unspecified atom stereocenters. The average Bonchev–Trinajstić information content (AvgIpc) is 2.30. The van der Waals surface area contributed by atoms with Crippen LogP contribution in [0.3, 0.4) is 0 Å². The van der Waals surface area contributed by atoms with Gasteiger partial charge in [-0.05, 0) is 26.0 Å². The SMILES string of the molecule is CCOCCCOc1cccc(C(=O)O)c1C. The van der Waals surface area contributed by atoms with Gasteiger partial charge in [-0.2, -0.15) is 0 Å². The molecule has 0 fully saturated rings. The van der Waals surface area contributed by atoms with Gasteiger partial charge in [-0.3, -0.25) is 0 Å². The topological polar surface area (TPSA) is 55.8 Å². The first-order chi connectivity index (χ1) is 8.16. The third kappa shape index (κ3) is 4.07. The quantitative estimate of drug-likeness (QED) is 0.741. The van der Waals surface area contributed by atoms with Crippen LogP contribution in [0.5, 0.6) is 5.75 Å². The molecule has 0 aliphatic rings. The highest BCUT2D eigenvalue weighted by atomic mass is 16.5. The summed E-state index contributed by atoms with van der Waals surface area (Å²) >= 11 is 0. The predicted molar refractivity (Wildman–Crippen MR) is 64.7 cm³/mol. The van der Waals surface area contributed by atoms with Crippen molar-refractivity contribution in [2.24, 2.45) is 0 Å². The van der Waals surface area contributed by atoms with E-state index in [1.165, 1.54) is 0 Å². The number of hydrogen-bond acceptors (Lipinski definition) is 3. The molecule has 0 saturated heterocycles. The smallest absolute Gasteiger partial charge is 0.336 e. The van der Waals surface area contributed by atoms with E-state index in [1.807, 2.05) is 6.92 Å². The number of aromatic carboxylic acids is 1. The van der Waals surface area contributed by atoms with E-state index in [0.29, 0.717) is 31.1 Å². The molecule has 0 radical (unpaired) electrons. The van der Waals surface area contributed by atoms with Crippen molar-refractivity contribution in [2.75, 3.05) is 19.8 Å². The summed E-state index contributed by atoms with van der Waals surface area (Å²) in [6, 6.07) is 5.04. The molecular formula is C13H18O4. The summed E-state index contributed by atoms with van der Waals surface area (Å²) in [5.41, 5.74) is 0.948. The zero-order valence-electron chi connectivity index (χ0n) is 10.2. The Hall–Kier alpha value is -1.55. The van der Waals surface area contributed by atoms with Gasteiger partial charge >= 0.3 is 5.97 Å². The molecule has 0 aliphatic heterocycles. The molecule has 4 nitrogen and oxygen atoms in total. The molecule has 0 aromatic heterocycles. The normalized spacial score (nSPS) is 10.2. The maximum Gasteiger partial charge on any atom is 0.336 e. The molecule has 17 heavy (non-hydrogen) atoms. The lowest BCUT2D eigenvalue weighted by atomic mass is 10.1. The van der Waals surface area contributed by atoms with Gasteiger partial charge in [0.1, 0.15) is 5.75 Å². The largest absolute Gasteiger partial charge is 0.493 e. The lowest BCUT2D eigenvalue weighted by Gasteiger charge is -2.10. The second kappa shape index (κ2) is 6.91. The number of benzene rings is 1. The number of carbonyl (C=O) groups is 1. The van der Waals surface area contributed by atoms with Gasteiger partial charge in [-0.25, -0.2) is 4.79 Å². The summed E-state index contributed by atoms with van der Waals surface area (Å²) in [6.45, 7) is 5.59. The number of hydrogen-bond donors (Lipinski definition) is 1. The van der Waals surface area contributed by atoms with Crippen LogP contribution in [0.15, 0.2) is 18.2 Å². The van der Waals surface area contributed by atoms with E-state index in [0.717, 1.165) is 6.42 Å². The molecular weight excluding hydrogens is 220 g/mol. The second-order valence-electron chi connectivity index (χ2n) is 3.63. The van der Waals surface area contributed by atoms with E-state index < -0.39 is 5.97 Å². The molecule has 4 heteroatoms. The zero-order valence-corrected chi connectivity index (χ0v) is 10.2. The summed E-state index contributed by atoms with van der Waals surface area (Å²) in [4.78, 5) is 10.9. The molecule has 0 amide bonds. The van der Waals surface area contributed by atoms with Crippen molar-refractivity contribution in [3.63, 3.8) is 0 Å². The van der Waals surface area contributed by atoms with Gasteiger partial charge < -0.3 is 14.6 Å². The maximum absolute atomic E-state index is 10.9. The van der Waals surface area contributed by atoms with E-state index in [1.54, 1.807) is 25.1 Å². The van der Waals surface area contributed by atoms with Gasteiger partial charge in [-0.1, -0.05) is 6.07 Å². The lowest BCUT2D eigenvalue weighted by molar-refractivity contribution is 0.0695. The number of carboxylic acids is 1. The molecule has 1 aromatic rings. The van der Waals surface area contributed by atoms with Crippen molar-refractivity contribution in [2.45, 2.75) is 20.3 Å². The molecule has 0 saturated carbocycles. The minimum Gasteiger partial charge on any atom is -0.493 e. The van der Waals surface area contributed by atoms with E-state index in [-0.39, 0.29) is 5.56 Å². The Morgan fingerprint density at radius 3 is 2.76 bits per heavy atom. The van der Waals surface area contributed by atoms with Gasteiger partial charge in [0.05, 0.1) is 12.2 Å². The fraction of sp³-hybridized carbons (Fsp3) is 0.462. The highest BCUT2D eigenvalue weighted by Gasteiger charge is 2.10. The van der Waals surface area contributed by atoms with E-state index in [4.69, 9.17) is 14.6 Å². The summed E-state index contributed by atoms with van der Waals surface area (Å²) in [5.74, 6) is -0.302. The maximum atomic E-state index is 10.9. The minimum absolute atomic E-state index is 0.285. The molecule has 0 aliphatic carbocycles. The van der Waals surface area contributed by atoms with Crippen molar-refractivity contribution in [1.82, 2.24) is 0 Å². The van der Waals surface area contributed by atoms with Crippen LogP contribution in [-0.4, -0.2) is 30.9 Å². The summed E-state index contributed by atoms with van der Waals surface area (Å²) in [5, 5.41) is 8.96. The van der Waals surface area contributed by atoms with Gasteiger partial charge in [0, 0.05) is 25.2 Å². The molecule has 94 valence electrons. The molecule has 0 atom stereocenters. The zero-order chi connectivity index (χ0) is 12.7. The first-order valence-corrected chi connectivity index (χ1v) is 5.70. The third-order valence-corrected chi connectivity index (χ3v) is 2.41. The van der Waals surface area contributed by atoms with Crippen LogP contribution in [0.2, 0.25) is 0 Å². The van der Waals surface area contributed by atoms with Gasteiger partial charge in [0.15, 0.2) is 0 Å². The first kappa shape index (κ1) is 13.5. The van der Waals surface area contributed by atoms with Crippen LogP contribution in [0.25, 0.3) is 0 Å². The average molecular weight is 238 g/mol. The highest BCUT2D eigenvalue weighted by molar-refractivity contribution is 5.90. The van der Waals surface area contributed by atoms with Crippen molar-refractivity contribution < 1.29 is 19.4 Å². The van der Waals surface area contributed by atoms with Crippen molar-refractivity contribution in [3.8, 4) is 5.75 Å². The van der Waals surface area contributed by atoms with Crippen LogP contribution < -0.4 is 4.74 Å². The summed E-state index contributed by atoms with van der Waals surface area (Å²) < 4.78 is 10.7. The standard InChI is InChI=1S/C13H18O4/c1-3-16-8-5-9-17-12-7-4-6-11(10(12)2)13(14)15/h4,6-7H,3,5,8-9H2,1-2H3,(H,14,15). The minimum atomic E-state index is -0.928. The van der Waals surface area contributed by atoms with Crippen LogP contribution in [0.4, 0.5) is 0 Å². The molecule has 1 rings (SSSR count). The Balaban J connectivity index is 2.54. The van der Waals surface area contributed by atoms with Crippen LogP contribution >= 0.6 is 0 Å². The summed E-state index contributed by atoms with van der Waals surface area (Å²) in [7, 11) is 0. The van der Waals surface area contributed by atoms with Gasteiger partial charge in [0.25, 0.3) is 0 Å². The molecule has 0 spiro atoms. The van der Waals surface area contributed by atoms with Crippen LogP contribution in [-0.2, 0) is 4.74 Å². The molecule has 0 heterocycles. The van der Waals surface area contributed by atoms with E-state index in [2.05, 4.69) is 0 Å². The molecule has 1 N–H and O–H groups in total. The fourth-order valence-electron chi connectivity index (χ4n) is 1.49. The fourth-order valence-corrected chi connectivity index (χ4v) is 1.49. The predicted octanol–water partition coefficient (Wildman–Crippen LogP) is 2.50. The van der Waals surface area contributed by atoms with Crippen molar-refractivity contribution in [3.05, 3.63) is 29.3 Å². The monoisotopic (exact) mass is 238 g/mol. The lowest BCUT2D eigenvalue weighted by Crippen LogP contribution is -2.06. The van der Waals surface area contributed by atoms with Crippen molar-refractivity contribution in [1.29, 1.82) is 0 Å².